The predicted octanol–water partition coefficient (Wildman–Crippen LogP) is 1.20. The van der Waals surface area contributed by atoms with Crippen LogP contribution in [0.5, 0.6) is 11.5 Å². The maximum Gasteiger partial charge on any atom is 0.264 e. The Hall–Kier alpha value is -2.24. The molecule has 0 saturated carbocycles. The lowest BCUT2D eigenvalue weighted by Crippen LogP contribution is -2.46. The summed E-state index contributed by atoms with van der Waals surface area (Å²) in [6.07, 6.45) is 0.946. The molecule has 0 aromatic heterocycles. The van der Waals surface area contributed by atoms with E-state index in [1.54, 1.807) is 6.07 Å². The van der Waals surface area contributed by atoms with Crippen LogP contribution in [0.2, 0.25) is 0 Å². The third-order valence-electron chi connectivity index (χ3n) is 4.13. The zero-order valence-corrected chi connectivity index (χ0v) is 13.3. The van der Waals surface area contributed by atoms with Crippen molar-refractivity contribution in [1.82, 2.24) is 10.2 Å². The number of benzene rings is 1. The molecule has 0 aliphatic carbocycles. The Kier molecular flexibility index (Phi) is 4.69. The van der Waals surface area contributed by atoms with Crippen molar-refractivity contribution in [2.24, 2.45) is 5.92 Å². The second-order valence-corrected chi connectivity index (χ2v) is 6.16. The van der Waals surface area contributed by atoms with Gasteiger partial charge in [0, 0.05) is 26.1 Å². The molecular weight excluding hydrogens is 296 g/mol. The van der Waals surface area contributed by atoms with Crippen LogP contribution in [0.1, 0.15) is 19.8 Å². The molecule has 2 heterocycles. The molecule has 0 spiro atoms. The number of hydrogen-bond donors (Lipinski definition) is 1. The number of para-hydroxylation sites is 2. The van der Waals surface area contributed by atoms with Gasteiger partial charge in [-0.25, -0.2) is 0 Å². The molecule has 1 aromatic rings. The summed E-state index contributed by atoms with van der Waals surface area (Å²) in [5.41, 5.74) is 0. The van der Waals surface area contributed by atoms with E-state index < -0.39 is 6.10 Å². The second-order valence-electron chi connectivity index (χ2n) is 6.16. The highest BCUT2D eigenvalue weighted by Gasteiger charge is 2.28. The van der Waals surface area contributed by atoms with Crippen molar-refractivity contribution in [2.45, 2.75) is 25.9 Å². The molecule has 6 heteroatoms. The first-order chi connectivity index (χ1) is 11.1. The minimum absolute atomic E-state index is 0.181. The molecule has 2 aliphatic heterocycles. The predicted molar refractivity (Wildman–Crippen MR) is 84.3 cm³/mol. The van der Waals surface area contributed by atoms with Gasteiger partial charge in [-0.2, -0.15) is 0 Å². The molecule has 1 N–H and O–H groups in total. The summed E-state index contributed by atoms with van der Waals surface area (Å²) >= 11 is 0. The van der Waals surface area contributed by atoms with E-state index in [1.165, 1.54) is 0 Å². The zero-order chi connectivity index (χ0) is 16.2. The molecule has 0 radical (unpaired) electrons. The third-order valence-corrected chi connectivity index (χ3v) is 4.13. The fourth-order valence-electron chi connectivity index (χ4n) is 2.88. The molecule has 1 saturated heterocycles. The van der Waals surface area contributed by atoms with Gasteiger partial charge < -0.3 is 19.7 Å². The van der Waals surface area contributed by atoms with Crippen LogP contribution >= 0.6 is 0 Å². The van der Waals surface area contributed by atoms with Crippen LogP contribution in [0, 0.1) is 5.92 Å². The Bertz CT molecular complexity index is 590. The number of rotatable bonds is 5. The van der Waals surface area contributed by atoms with Gasteiger partial charge in [0.25, 0.3) is 5.91 Å². The SMILES string of the molecule is C[C@H](CNC(=O)[C@@H]1COc2ccccc2O1)CN1CCCC1=O. The summed E-state index contributed by atoms with van der Waals surface area (Å²) in [5.74, 6) is 1.49. The molecule has 124 valence electrons. The quantitative estimate of drug-likeness (QED) is 0.886. The largest absolute Gasteiger partial charge is 0.485 e. The average molecular weight is 318 g/mol. The average Bonchev–Trinajstić information content (AvgIpc) is 2.97. The molecule has 3 rings (SSSR count). The first-order valence-electron chi connectivity index (χ1n) is 8.07. The molecule has 2 amide bonds. The van der Waals surface area contributed by atoms with Crippen molar-refractivity contribution in [3.8, 4) is 11.5 Å². The highest BCUT2D eigenvalue weighted by Crippen LogP contribution is 2.30. The number of nitrogens with zero attached hydrogens (tertiary/aromatic N) is 1. The van der Waals surface area contributed by atoms with E-state index in [-0.39, 0.29) is 24.3 Å². The minimum atomic E-state index is -0.634. The molecule has 23 heavy (non-hydrogen) atoms. The van der Waals surface area contributed by atoms with Crippen LogP contribution in [-0.4, -0.2) is 49.1 Å². The number of carbonyl (C=O) groups excluding carboxylic acids is 2. The van der Waals surface area contributed by atoms with Gasteiger partial charge in [-0.05, 0) is 24.5 Å². The zero-order valence-electron chi connectivity index (χ0n) is 13.3. The van der Waals surface area contributed by atoms with Crippen LogP contribution in [0.3, 0.4) is 0 Å². The van der Waals surface area contributed by atoms with Gasteiger partial charge in [0.15, 0.2) is 11.5 Å². The smallest absolute Gasteiger partial charge is 0.264 e. The second kappa shape index (κ2) is 6.89. The molecule has 2 aliphatic rings. The number of likely N-dealkylation sites (tertiary alicyclic amines) is 1. The Balaban J connectivity index is 1.45. The normalized spacial score (nSPS) is 21.2. The number of amides is 2. The standard InChI is InChI=1S/C17H22N2O4/c1-12(10-19-8-4-7-16(19)20)9-18-17(21)15-11-22-13-5-2-3-6-14(13)23-15/h2-3,5-6,12,15H,4,7-11H2,1H3,(H,18,21)/t12-,15+/m1/s1. The lowest BCUT2D eigenvalue weighted by atomic mass is 10.1. The summed E-state index contributed by atoms with van der Waals surface area (Å²) in [5, 5.41) is 2.89. The number of ether oxygens (including phenoxy) is 2. The van der Waals surface area contributed by atoms with Crippen LogP contribution < -0.4 is 14.8 Å². The van der Waals surface area contributed by atoms with E-state index in [4.69, 9.17) is 9.47 Å². The fourth-order valence-corrected chi connectivity index (χ4v) is 2.88. The van der Waals surface area contributed by atoms with Crippen molar-refractivity contribution in [1.29, 1.82) is 0 Å². The van der Waals surface area contributed by atoms with Crippen LogP contribution in [0.4, 0.5) is 0 Å². The van der Waals surface area contributed by atoms with Gasteiger partial charge >= 0.3 is 0 Å². The molecule has 1 fully saturated rings. The lowest BCUT2D eigenvalue weighted by molar-refractivity contribution is -0.130. The number of fused-ring (bicyclic) bond motifs is 1. The van der Waals surface area contributed by atoms with E-state index in [1.807, 2.05) is 30.0 Å². The highest BCUT2D eigenvalue weighted by molar-refractivity contribution is 5.81. The van der Waals surface area contributed by atoms with E-state index in [0.29, 0.717) is 31.0 Å². The van der Waals surface area contributed by atoms with Gasteiger partial charge in [0.1, 0.15) is 6.61 Å². The van der Waals surface area contributed by atoms with Crippen molar-refractivity contribution < 1.29 is 19.1 Å². The van der Waals surface area contributed by atoms with Gasteiger partial charge in [-0.3, -0.25) is 9.59 Å². The summed E-state index contributed by atoms with van der Waals surface area (Å²) in [4.78, 5) is 25.7. The molecule has 1 aromatic carbocycles. The minimum Gasteiger partial charge on any atom is -0.485 e. The Labute approximate surface area is 135 Å². The monoisotopic (exact) mass is 318 g/mol. The Morgan fingerprint density at radius 1 is 1.39 bits per heavy atom. The summed E-state index contributed by atoms with van der Waals surface area (Å²) in [7, 11) is 0. The van der Waals surface area contributed by atoms with Crippen LogP contribution in [0.15, 0.2) is 24.3 Å². The van der Waals surface area contributed by atoms with Crippen molar-refractivity contribution in [3.63, 3.8) is 0 Å². The maximum absolute atomic E-state index is 12.2. The van der Waals surface area contributed by atoms with Gasteiger partial charge in [0.2, 0.25) is 12.0 Å². The maximum atomic E-state index is 12.2. The number of hydrogen-bond acceptors (Lipinski definition) is 4. The lowest BCUT2D eigenvalue weighted by Gasteiger charge is -2.26. The van der Waals surface area contributed by atoms with E-state index in [9.17, 15) is 9.59 Å². The highest BCUT2D eigenvalue weighted by atomic mass is 16.6. The first-order valence-corrected chi connectivity index (χ1v) is 8.07. The Morgan fingerprint density at radius 3 is 2.91 bits per heavy atom. The fraction of sp³-hybridized carbons (Fsp3) is 0.529. The van der Waals surface area contributed by atoms with Gasteiger partial charge in [-0.15, -0.1) is 0 Å². The topological polar surface area (TPSA) is 67.9 Å². The molecule has 0 bridgehead atoms. The van der Waals surface area contributed by atoms with E-state index >= 15 is 0 Å². The van der Waals surface area contributed by atoms with Crippen molar-refractivity contribution in [3.05, 3.63) is 24.3 Å². The van der Waals surface area contributed by atoms with Crippen molar-refractivity contribution >= 4 is 11.8 Å². The first kappa shape index (κ1) is 15.6. The van der Waals surface area contributed by atoms with E-state index in [0.717, 1.165) is 13.0 Å². The third kappa shape index (κ3) is 3.75. The van der Waals surface area contributed by atoms with Crippen LogP contribution in [0.25, 0.3) is 0 Å². The molecular formula is C17H22N2O4. The number of carbonyl (C=O) groups is 2. The Morgan fingerprint density at radius 2 is 2.17 bits per heavy atom. The number of nitrogens with one attached hydrogen (secondary N) is 1. The van der Waals surface area contributed by atoms with Crippen molar-refractivity contribution in [2.75, 3.05) is 26.2 Å². The summed E-state index contributed by atoms with van der Waals surface area (Å²) in [6.45, 7) is 4.27. The van der Waals surface area contributed by atoms with E-state index in [2.05, 4.69) is 5.32 Å². The molecule has 0 unspecified atom stereocenters. The summed E-state index contributed by atoms with van der Waals surface area (Å²) < 4.78 is 11.2. The molecule has 2 atom stereocenters. The van der Waals surface area contributed by atoms with Crippen LogP contribution in [-0.2, 0) is 9.59 Å². The van der Waals surface area contributed by atoms with Gasteiger partial charge in [-0.1, -0.05) is 19.1 Å². The molecule has 6 nitrogen and oxygen atoms in total. The summed E-state index contributed by atoms with van der Waals surface area (Å²) in [6, 6.07) is 7.32. The van der Waals surface area contributed by atoms with Gasteiger partial charge in [0.05, 0.1) is 0 Å².